The van der Waals surface area contributed by atoms with Crippen molar-refractivity contribution in [2.75, 3.05) is 13.2 Å². The number of aliphatic hydroxyl groups is 1. The highest BCUT2D eigenvalue weighted by Crippen LogP contribution is 2.14. The summed E-state index contributed by atoms with van der Waals surface area (Å²) in [4.78, 5) is 24.3. The molecule has 8 heteroatoms. The van der Waals surface area contributed by atoms with Crippen LogP contribution in [0.2, 0.25) is 0 Å². The molecular weight excluding hydrogens is 336 g/mol. The van der Waals surface area contributed by atoms with Gasteiger partial charge in [-0.25, -0.2) is 0 Å². The van der Waals surface area contributed by atoms with Gasteiger partial charge in [-0.2, -0.15) is 5.10 Å². The first-order valence-electron chi connectivity index (χ1n) is 8.61. The minimum atomic E-state index is -0.734. The van der Waals surface area contributed by atoms with Gasteiger partial charge in [0.25, 0.3) is 11.8 Å². The van der Waals surface area contributed by atoms with Crippen molar-refractivity contribution >= 4 is 11.8 Å². The average molecular weight is 358 g/mol. The van der Waals surface area contributed by atoms with Gasteiger partial charge in [-0.1, -0.05) is 19.1 Å². The summed E-state index contributed by atoms with van der Waals surface area (Å²) < 4.78 is 6.94. The fourth-order valence-electron chi connectivity index (χ4n) is 2.65. The molecule has 1 aromatic heterocycles. The monoisotopic (exact) mass is 358 g/mol. The largest absolute Gasteiger partial charge is 0.494 e. The Hall–Kier alpha value is -2.87. The molecule has 0 saturated heterocycles. The van der Waals surface area contributed by atoms with E-state index in [9.17, 15) is 14.7 Å². The van der Waals surface area contributed by atoms with Crippen molar-refractivity contribution in [1.29, 1.82) is 0 Å². The van der Waals surface area contributed by atoms with Crippen LogP contribution in [0.4, 0.5) is 0 Å². The number of benzene rings is 1. The number of aromatic nitrogens is 2. The van der Waals surface area contributed by atoms with Crippen LogP contribution in [0, 0.1) is 0 Å². The van der Waals surface area contributed by atoms with Crippen LogP contribution in [-0.2, 0) is 13.1 Å². The van der Waals surface area contributed by atoms with Gasteiger partial charge in [0, 0.05) is 19.2 Å². The number of amides is 2. The molecule has 3 N–H and O–H groups in total. The van der Waals surface area contributed by atoms with E-state index in [1.807, 2.05) is 31.2 Å². The van der Waals surface area contributed by atoms with E-state index >= 15 is 0 Å². The standard InChI is InChI=1S/C18H22N4O4/c1-2-6-26-14-5-3-4-12(7-14)9-19-17(24)15-8-16-18(25)20-10-13(23)11-22(16)21-15/h3-5,7-8,13,23H,2,6,9-11H2,1H3,(H,19,24)(H,20,25). The lowest BCUT2D eigenvalue weighted by atomic mass is 10.2. The highest BCUT2D eigenvalue weighted by atomic mass is 16.5. The highest BCUT2D eigenvalue weighted by molar-refractivity contribution is 5.98. The molecule has 0 spiro atoms. The van der Waals surface area contributed by atoms with E-state index in [1.54, 1.807) is 0 Å². The van der Waals surface area contributed by atoms with Crippen LogP contribution < -0.4 is 15.4 Å². The Kier molecular flexibility index (Phi) is 5.52. The van der Waals surface area contributed by atoms with Crippen molar-refractivity contribution in [1.82, 2.24) is 20.4 Å². The van der Waals surface area contributed by atoms with E-state index < -0.39 is 6.10 Å². The zero-order valence-corrected chi connectivity index (χ0v) is 14.6. The number of nitrogens with one attached hydrogen (secondary N) is 2. The zero-order valence-electron chi connectivity index (χ0n) is 14.6. The Morgan fingerprint density at radius 2 is 2.31 bits per heavy atom. The Morgan fingerprint density at radius 1 is 1.46 bits per heavy atom. The maximum atomic E-state index is 12.4. The fourth-order valence-corrected chi connectivity index (χ4v) is 2.65. The van der Waals surface area contributed by atoms with Crippen LogP contribution in [0.1, 0.15) is 39.9 Å². The maximum Gasteiger partial charge on any atom is 0.272 e. The van der Waals surface area contributed by atoms with Crippen LogP contribution in [0.15, 0.2) is 30.3 Å². The van der Waals surface area contributed by atoms with Gasteiger partial charge in [-0.3, -0.25) is 14.3 Å². The second-order valence-electron chi connectivity index (χ2n) is 6.14. The Morgan fingerprint density at radius 3 is 3.12 bits per heavy atom. The minimum absolute atomic E-state index is 0.141. The SMILES string of the molecule is CCCOc1cccc(CNC(=O)c2cc3n(n2)CC(O)CNC3=O)c1. The number of fused-ring (bicyclic) bond motifs is 1. The lowest BCUT2D eigenvalue weighted by Gasteiger charge is -2.08. The maximum absolute atomic E-state index is 12.4. The minimum Gasteiger partial charge on any atom is -0.494 e. The van der Waals surface area contributed by atoms with Gasteiger partial charge in [0.1, 0.15) is 11.4 Å². The number of carbonyl (C=O) groups is 2. The van der Waals surface area contributed by atoms with Gasteiger partial charge in [0.15, 0.2) is 5.69 Å². The van der Waals surface area contributed by atoms with Gasteiger partial charge in [0.2, 0.25) is 0 Å². The number of carbonyl (C=O) groups excluding carboxylic acids is 2. The normalized spacial score (nSPS) is 16.4. The fraction of sp³-hybridized carbons (Fsp3) is 0.389. The third-order valence-corrected chi connectivity index (χ3v) is 3.95. The molecular formula is C18H22N4O4. The number of nitrogens with zero attached hydrogens (tertiary/aromatic N) is 2. The summed E-state index contributed by atoms with van der Waals surface area (Å²) in [5, 5.41) is 19.3. The Bertz CT molecular complexity index is 802. The molecule has 0 radical (unpaired) electrons. The van der Waals surface area contributed by atoms with Gasteiger partial charge in [-0.05, 0) is 24.1 Å². The topological polar surface area (TPSA) is 105 Å². The molecule has 2 heterocycles. The molecule has 1 aliphatic heterocycles. The van der Waals surface area contributed by atoms with Gasteiger partial charge in [0.05, 0.1) is 19.3 Å². The van der Waals surface area contributed by atoms with E-state index in [2.05, 4.69) is 15.7 Å². The molecule has 0 saturated carbocycles. The second-order valence-corrected chi connectivity index (χ2v) is 6.14. The quantitative estimate of drug-likeness (QED) is 0.705. The molecule has 1 aromatic carbocycles. The lowest BCUT2D eigenvalue weighted by molar-refractivity contribution is 0.0931. The van der Waals surface area contributed by atoms with Crippen molar-refractivity contribution in [3.05, 3.63) is 47.3 Å². The first-order valence-corrected chi connectivity index (χ1v) is 8.61. The molecule has 26 heavy (non-hydrogen) atoms. The molecule has 0 aliphatic carbocycles. The third kappa shape index (κ3) is 4.20. The molecule has 0 fully saturated rings. The highest BCUT2D eigenvalue weighted by Gasteiger charge is 2.24. The number of hydrogen-bond donors (Lipinski definition) is 3. The summed E-state index contributed by atoms with van der Waals surface area (Å²) in [7, 11) is 0. The van der Waals surface area contributed by atoms with E-state index in [0.29, 0.717) is 13.2 Å². The predicted octanol–water partition coefficient (Wildman–Crippen LogP) is 0.706. The number of rotatable bonds is 6. The number of ether oxygens (including phenoxy) is 1. The van der Waals surface area contributed by atoms with Crippen LogP contribution in [0.3, 0.4) is 0 Å². The first kappa shape index (κ1) is 17.9. The van der Waals surface area contributed by atoms with Gasteiger partial charge < -0.3 is 20.5 Å². The summed E-state index contributed by atoms with van der Waals surface area (Å²) in [5.74, 6) is 0.0274. The predicted molar refractivity (Wildman–Crippen MR) is 94.0 cm³/mol. The van der Waals surface area contributed by atoms with Crippen LogP contribution in [-0.4, -0.2) is 46.0 Å². The molecule has 0 bridgehead atoms. The molecule has 2 amide bonds. The molecule has 1 aliphatic rings. The molecule has 1 atom stereocenters. The molecule has 2 aromatic rings. The number of hydrogen-bond acceptors (Lipinski definition) is 5. The lowest BCUT2D eigenvalue weighted by Crippen LogP contribution is -2.30. The Balaban J connectivity index is 1.65. The van der Waals surface area contributed by atoms with E-state index in [0.717, 1.165) is 17.7 Å². The van der Waals surface area contributed by atoms with Crippen molar-refractivity contribution < 1.29 is 19.4 Å². The number of aliphatic hydroxyl groups excluding tert-OH is 1. The van der Waals surface area contributed by atoms with E-state index in [4.69, 9.17) is 4.74 Å². The first-order chi connectivity index (χ1) is 12.6. The third-order valence-electron chi connectivity index (χ3n) is 3.95. The number of β-amino-alcohol motifs (C(OH)–C–C–N with tert-alkyl or cyclic N) is 1. The van der Waals surface area contributed by atoms with Gasteiger partial charge >= 0.3 is 0 Å². The van der Waals surface area contributed by atoms with Crippen molar-refractivity contribution in [3.8, 4) is 5.75 Å². The molecule has 3 rings (SSSR count). The molecule has 138 valence electrons. The van der Waals surface area contributed by atoms with Crippen molar-refractivity contribution in [3.63, 3.8) is 0 Å². The summed E-state index contributed by atoms with van der Waals surface area (Å²) in [6.07, 6.45) is 0.190. The van der Waals surface area contributed by atoms with Crippen molar-refractivity contribution in [2.24, 2.45) is 0 Å². The van der Waals surface area contributed by atoms with Crippen LogP contribution in [0.25, 0.3) is 0 Å². The van der Waals surface area contributed by atoms with E-state index in [1.165, 1.54) is 10.7 Å². The summed E-state index contributed by atoms with van der Waals surface area (Å²) in [5.41, 5.74) is 1.31. The van der Waals surface area contributed by atoms with Crippen LogP contribution >= 0.6 is 0 Å². The zero-order chi connectivity index (χ0) is 18.5. The van der Waals surface area contributed by atoms with Gasteiger partial charge in [-0.15, -0.1) is 0 Å². The summed E-state index contributed by atoms with van der Waals surface area (Å²) in [6, 6.07) is 8.95. The molecule has 8 nitrogen and oxygen atoms in total. The molecule has 1 unspecified atom stereocenters. The average Bonchev–Trinajstić information content (AvgIpc) is 3.01. The van der Waals surface area contributed by atoms with E-state index in [-0.39, 0.29) is 36.3 Å². The second kappa shape index (κ2) is 8.01. The Labute approximate surface area is 151 Å². The van der Waals surface area contributed by atoms with Crippen molar-refractivity contribution in [2.45, 2.75) is 32.5 Å². The van der Waals surface area contributed by atoms with Crippen LogP contribution in [0.5, 0.6) is 5.75 Å². The summed E-state index contributed by atoms with van der Waals surface area (Å²) >= 11 is 0. The smallest absolute Gasteiger partial charge is 0.272 e. The summed E-state index contributed by atoms with van der Waals surface area (Å²) in [6.45, 7) is 3.33.